The second-order valence-corrected chi connectivity index (χ2v) is 5.23. The first-order chi connectivity index (χ1) is 9.09. The van der Waals surface area contributed by atoms with E-state index in [1.54, 1.807) is 12.1 Å². The lowest BCUT2D eigenvalue weighted by atomic mass is 10.0. The Bertz CT molecular complexity index is 487. The van der Waals surface area contributed by atoms with Crippen LogP contribution in [-0.2, 0) is 0 Å². The third-order valence-corrected chi connectivity index (χ3v) is 3.65. The van der Waals surface area contributed by atoms with Gasteiger partial charge in [0.25, 0.3) is 5.69 Å². The molecule has 0 aromatic heterocycles. The molecule has 1 heterocycles. The van der Waals surface area contributed by atoms with Gasteiger partial charge in [0.1, 0.15) is 0 Å². The minimum atomic E-state index is -0.393. The molecule has 0 saturated carbocycles. The molecule has 0 radical (unpaired) electrons. The van der Waals surface area contributed by atoms with Crippen LogP contribution in [0.2, 0.25) is 0 Å². The molecule has 1 saturated heterocycles. The average Bonchev–Trinajstić information content (AvgIpc) is 2.40. The van der Waals surface area contributed by atoms with Crippen molar-refractivity contribution in [3.8, 4) is 0 Å². The fourth-order valence-electron chi connectivity index (χ4n) is 2.54. The summed E-state index contributed by atoms with van der Waals surface area (Å²) in [6.07, 6.45) is 3.46. The molecule has 0 spiro atoms. The van der Waals surface area contributed by atoms with Gasteiger partial charge in [0.2, 0.25) is 0 Å². The van der Waals surface area contributed by atoms with E-state index in [1.165, 1.54) is 12.5 Å². The molecule has 0 bridgehead atoms. The standard InChI is InChI=1S/C13H17N3O2S/c14-13(19)12(15-7-2-1-3-8-15)10-5-4-6-11(9-10)16(17)18/h4-6,9,12H,1-3,7-8H2,(H2,14,19). The molecule has 6 heteroatoms. The van der Waals surface area contributed by atoms with Gasteiger partial charge in [0.05, 0.1) is 16.0 Å². The van der Waals surface area contributed by atoms with Gasteiger partial charge in [-0.15, -0.1) is 0 Å². The van der Waals surface area contributed by atoms with E-state index in [0.717, 1.165) is 31.5 Å². The summed E-state index contributed by atoms with van der Waals surface area (Å²) in [6, 6.07) is 6.39. The van der Waals surface area contributed by atoms with Crippen molar-refractivity contribution in [1.29, 1.82) is 0 Å². The third kappa shape index (κ3) is 3.27. The number of thiocarbonyl (C=S) groups is 1. The Labute approximate surface area is 117 Å². The zero-order chi connectivity index (χ0) is 13.8. The molecular weight excluding hydrogens is 262 g/mol. The van der Waals surface area contributed by atoms with Crippen LogP contribution in [-0.4, -0.2) is 27.9 Å². The highest BCUT2D eigenvalue weighted by Gasteiger charge is 2.25. The Morgan fingerprint density at radius 2 is 2.05 bits per heavy atom. The second kappa shape index (κ2) is 6.08. The Morgan fingerprint density at radius 1 is 1.37 bits per heavy atom. The summed E-state index contributed by atoms with van der Waals surface area (Å²) in [5.74, 6) is 0. The van der Waals surface area contributed by atoms with Gasteiger partial charge in [-0.1, -0.05) is 30.8 Å². The van der Waals surface area contributed by atoms with E-state index in [-0.39, 0.29) is 11.7 Å². The quantitative estimate of drug-likeness (QED) is 0.520. The maximum absolute atomic E-state index is 10.8. The number of nitro groups is 1. The number of non-ortho nitro benzene ring substituents is 1. The molecule has 0 aliphatic carbocycles. The summed E-state index contributed by atoms with van der Waals surface area (Å²) in [7, 11) is 0. The maximum Gasteiger partial charge on any atom is 0.269 e. The number of nitro benzene ring substituents is 1. The zero-order valence-electron chi connectivity index (χ0n) is 10.6. The van der Waals surface area contributed by atoms with Crippen LogP contribution in [0, 0.1) is 10.1 Å². The Balaban J connectivity index is 2.30. The highest BCUT2D eigenvalue weighted by atomic mass is 32.1. The van der Waals surface area contributed by atoms with E-state index in [0.29, 0.717) is 4.99 Å². The number of nitrogens with two attached hydrogens (primary N) is 1. The summed E-state index contributed by atoms with van der Waals surface area (Å²) in [6.45, 7) is 1.87. The van der Waals surface area contributed by atoms with E-state index < -0.39 is 4.92 Å². The van der Waals surface area contributed by atoms with Crippen LogP contribution in [0.5, 0.6) is 0 Å². The van der Waals surface area contributed by atoms with Crippen LogP contribution in [0.15, 0.2) is 24.3 Å². The van der Waals surface area contributed by atoms with Crippen LogP contribution in [0.3, 0.4) is 0 Å². The minimum Gasteiger partial charge on any atom is -0.392 e. The lowest BCUT2D eigenvalue weighted by Crippen LogP contribution is -2.40. The number of likely N-dealkylation sites (tertiary alicyclic amines) is 1. The fourth-order valence-corrected chi connectivity index (χ4v) is 2.83. The maximum atomic E-state index is 10.8. The van der Waals surface area contributed by atoms with E-state index in [2.05, 4.69) is 4.90 Å². The van der Waals surface area contributed by atoms with Gasteiger partial charge in [-0.2, -0.15) is 0 Å². The normalized spacial score (nSPS) is 17.9. The van der Waals surface area contributed by atoms with Crippen LogP contribution in [0.4, 0.5) is 5.69 Å². The second-order valence-electron chi connectivity index (χ2n) is 4.75. The topological polar surface area (TPSA) is 72.4 Å². The molecule has 1 fully saturated rings. The van der Waals surface area contributed by atoms with Crippen molar-refractivity contribution in [3.05, 3.63) is 39.9 Å². The highest BCUT2D eigenvalue weighted by molar-refractivity contribution is 7.80. The first-order valence-corrected chi connectivity index (χ1v) is 6.78. The lowest BCUT2D eigenvalue weighted by Gasteiger charge is -2.34. The molecule has 1 unspecified atom stereocenters. The van der Waals surface area contributed by atoms with Crippen molar-refractivity contribution < 1.29 is 4.92 Å². The van der Waals surface area contributed by atoms with Crippen LogP contribution >= 0.6 is 12.2 Å². The van der Waals surface area contributed by atoms with Crippen LogP contribution in [0.1, 0.15) is 30.9 Å². The minimum absolute atomic E-state index is 0.0794. The molecule has 2 rings (SSSR count). The van der Waals surface area contributed by atoms with Crippen molar-refractivity contribution in [2.45, 2.75) is 25.3 Å². The predicted octanol–water partition coefficient (Wildman–Crippen LogP) is 2.41. The Kier molecular flexibility index (Phi) is 4.44. The Hall–Kier alpha value is -1.53. The molecule has 1 atom stereocenters. The van der Waals surface area contributed by atoms with Gasteiger partial charge in [-0.3, -0.25) is 15.0 Å². The van der Waals surface area contributed by atoms with Gasteiger partial charge in [0, 0.05) is 12.1 Å². The van der Waals surface area contributed by atoms with Gasteiger partial charge >= 0.3 is 0 Å². The largest absolute Gasteiger partial charge is 0.392 e. The fraction of sp³-hybridized carbons (Fsp3) is 0.462. The first kappa shape index (κ1) is 13.9. The monoisotopic (exact) mass is 279 g/mol. The van der Waals surface area contributed by atoms with Crippen molar-refractivity contribution in [2.24, 2.45) is 5.73 Å². The number of hydrogen-bond donors (Lipinski definition) is 1. The highest BCUT2D eigenvalue weighted by Crippen LogP contribution is 2.27. The van der Waals surface area contributed by atoms with E-state index >= 15 is 0 Å². The molecule has 2 N–H and O–H groups in total. The van der Waals surface area contributed by atoms with Crippen LogP contribution in [0.25, 0.3) is 0 Å². The van der Waals surface area contributed by atoms with Crippen molar-refractivity contribution >= 4 is 22.9 Å². The zero-order valence-corrected chi connectivity index (χ0v) is 11.4. The number of piperidine rings is 1. The van der Waals surface area contributed by atoms with Crippen molar-refractivity contribution in [1.82, 2.24) is 4.90 Å². The van der Waals surface area contributed by atoms with E-state index in [1.807, 2.05) is 6.07 Å². The van der Waals surface area contributed by atoms with E-state index in [4.69, 9.17) is 18.0 Å². The molecule has 19 heavy (non-hydrogen) atoms. The first-order valence-electron chi connectivity index (χ1n) is 6.37. The van der Waals surface area contributed by atoms with Crippen molar-refractivity contribution in [2.75, 3.05) is 13.1 Å². The number of hydrogen-bond acceptors (Lipinski definition) is 4. The molecule has 1 aliphatic heterocycles. The van der Waals surface area contributed by atoms with Crippen LogP contribution < -0.4 is 5.73 Å². The summed E-state index contributed by atoms with van der Waals surface area (Å²) in [4.78, 5) is 13.0. The number of benzene rings is 1. The SMILES string of the molecule is NC(=S)C(c1cccc([N+](=O)[O-])c1)N1CCCCC1. The van der Waals surface area contributed by atoms with Gasteiger partial charge in [0.15, 0.2) is 0 Å². The van der Waals surface area contributed by atoms with Crippen molar-refractivity contribution in [3.63, 3.8) is 0 Å². The van der Waals surface area contributed by atoms with Gasteiger partial charge in [-0.25, -0.2) is 0 Å². The number of rotatable bonds is 4. The van der Waals surface area contributed by atoms with Gasteiger partial charge < -0.3 is 5.73 Å². The molecule has 1 aromatic carbocycles. The summed E-state index contributed by atoms with van der Waals surface area (Å²) >= 11 is 5.16. The Morgan fingerprint density at radius 3 is 2.63 bits per heavy atom. The molecule has 1 aliphatic rings. The lowest BCUT2D eigenvalue weighted by molar-refractivity contribution is -0.384. The average molecular weight is 279 g/mol. The molecule has 1 aromatic rings. The summed E-state index contributed by atoms with van der Waals surface area (Å²) < 4.78 is 0. The molecule has 102 valence electrons. The third-order valence-electron chi connectivity index (χ3n) is 3.42. The van der Waals surface area contributed by atoms with E-state index in [9.17, 15) is 10.1 Å². The smallest absolute Gasteiger partial charge is 0.269 e. The molecule has 5 nitrogen and oxygen atoms in total. The summed E-state index contributed by atoms with van der Waals surface area (Å²) in [5, 5.41) is 10.8. The molecular formula is C13H17N3O2S. The predicted molar refractivity (Wildman–Crippen MR) is 78.0 cm³/mol. The van der Waals surface area contributed by atoms with Gasteiger partial charge in [-0.05, 0) is 31.5 Å². The molecule has 0 amide bonds. The number of nitrogens with zero attached hydrogens (tertiary/aromatic N) is 2. The summed E-state index contributed by atoms with van der Waals surface area (Å²) in [5.41, 5.74) is 6.73.